The number of alkyl halides is 1. The van der Waals surface area contributed by atoms with Crippen molar-refractivity contribution in [2.24, 2.45) is 5.92 Å². The third kappa shape index (κ3) is 5.55. The first-order chi connectivity index (χ1) is 16.3. The smallest absolute Gasteiger partial charge is 0.255 e. The van der Waals surface area contributed by atoms with E-state index in [0.717, 1.165) is 12.8 Å². The van der Waals surface area contributed by atoms with Gasteiger partial charge in [-0.15, -0.1) is 0 Å². The zero-order valence-corrected chi connectivity index (χ0v) is 20.8. The van der Waals surface area contributed by atoms with Gasteiger partial charge >= 0.3 is 0 Å². The average Bonchev–Trinajstić information content (AvgIpc) is 3.15. The molecule has 3 heterocycles. The molecule has 0 radical (unpaired) electrons. The van der Waals surface area contributed by atoms with E-state index in [2.05, 4.69) is 25.7 Å². The van der Waals surface area contributed by atoms with Crippen LogP contribution in [0.25, 0.3) is 16.9 Å². The summed E-state index contributed by atoms with van der Waals surface area (Å²) in [5.74, 6) is -0.368. The van der Waals surface area contributed by atoms with Crippen molar-refractivity contribution >= 4 is 28.8 Å². The highest BCUT2D eigenvalue weighted by Gasteiger charge is 2.39. The van der Waals surface area contributed by atoms with Crippen LogP contribution in [0.5, 0.6) is 0 Å². The summed E-state index contributed by atoms with van der Waals surface area (Å²) >= 11 is 6.00. The molecule has 1 fully saturated rings. The molecule has 1 saturated carbocycles. The number of pyridine rings is 1. The first-order valence-electron chi connectivity index (χ1n) is 11.5. The van der Waals surface area contributed by atoms with Gasteiger partial charge < -0.3 is 20.8 Å². The lowest BCUT2D eigenvalue weighted by atomic mass is 9.71. The first kappa shape index (κ1) is 25.3. The molecule has 0 spiro atoms. The van der Waals surface area contributed by atoms with Crippen LogP contribution >= 0.6 is 11.6 Å². The molecule has 0 aromatic carbocycles. The van der Waals surface area contributed by atoms with E-state index in [1.54, 1.807) is 36.8 Å². The van der Waals surface area contributed by atoms with Crippen LogP contribution in [0.1, 0.15) is 50.9 Å². The fraction of sp³-hybridized carbons (Fsp3) is 0.500. The second-order valence-corrected chi connectivity index (χ2v) is 10.6. The van der Waals surface area contributed by atoms with Crippen molar-refractivity contribution in [3.05, 3.63) is 41.4 Å². The van der Waals surface area contributed by atoms with Crippen molar-refractivity contribution in [3.8, 4) is 11.3 Å². The van der Waals surface area contributed by atoms with Crippen molar-refractivity contribution in [1.29, 1.82) is 0 Å². The Morgan fingerprint density at radius 1 is 1.23 bits per heavy atom. The lowest BCUT2D eigenvalue weighted by Gasteiger charge is -2.43. The van der Waals surface area contributed by atoms with E-state index >= 15 is 0 Å². The molecule has 188 valence electrons. The Hall–Kier alpha value is -2.82. The maximum Gasteiger partial charge on any atom is 0.255 e. The van der Waals surface area contributed by atoms with Crippen molar-refractivity contribution < 1.29 is 19.4 Å². The van der Waals surface area contributed by atoms with E-state index in [-0.39, 0.29) is 24.1 Å². The number of fused-ring (bicyclic) bond motifs is 1. The van der Waals surface area contributed by atoms with E-state index < -0.39 is 23.3 Å². The second kappa shape index (κ2) is 9.33. The lowest BCUT2D eigenvalue weighted by Crippen LogP contribution is -2.46. The maximum absolute atomic E-state index is 14.2. The summed E-state index contributed by atoms with van der Waals surface area (Å²) < 4.78 is 15.7. The number of halogens is 2. The number of amides is 1. The zero-order valence-electron chi connectivity index (χ0n) is 20.1. The van der Waals surface area contributed by atoms with Gasteiger partial charge in [0.25, 0.3) is 5.91 Å². The fourth-order valence-corrected chi connectivity index (χ4v) is 4.14. The minimum Gasteiger partial charge on any atom is -0.390 e. The van der Waals surface area contributed by atoms with Crippen LogP contribution in [0.2, 0.25) is 5.02 Å². The maximum atomic E-state index is 14.2. The number of hydrogen-bond donors (Lipinski definition) is 4. The van der Waals surface area contributed by atoms with Crippen LogP contribution in [-0.2, 0) is 0 Å². The van der Waals surface area contributed by atoms with Crippen molar-refractivity contribution in [3.63, 3.8) is 0 Å². The molecule has 1 aliphatic carbocycles. The highest BCUT2D eigenvalue weighted by atomic mass is 35.5. The summed E-state index contributed by atoms with van der Waals surface area (Å²) in [6, 6.07) is 1.79. The van der Waals surface area contributed by atoms with Gasteiger partial charge in [-0.3, -0.25) is 9.78 Å². The molecule has 0 saturated heterocycles. The first-order valence-corrected chi connectivity index (χ1v) is 11.8. The third-order valence-corrected chi connectivity index (χ3v) is 6.65. The second-order valence-electron chi connectivity index (χ2n) is 10.2. The molecule has 4 N–H and O–H groups in total. The molecule has 9 nitrogen and oxygen atoms in total. The predicted molar refractivity (Wildman–Crippen MR) is 131 cm³/mol. The molecular weight excluding hydrogens is 475 g/mol. The van der Waals surface area contributed by atoms with Gasteiger partial charge in [0.15, 0.2) is 5.65 Å². The standard InChI is InChI=1S/C24H30ClFN6O3/c1-23(2,34)13-5-15(6-13)31-19-7-18(16-10-30-32-12-14(25)8-28-21(16)32)27-9-17(19)22(33)29-11-20(26)24(3,4)35/h7-10,12-13,15,20,34-35H,5-6,11H2,1-4H3,(H,27,31)(H,29,33)/t13-,15-,20-/m1/s1. The normalized spacial score (nSPS) is 19.3. The van der Waals surface area contributed by atoms with Crippen molar-refractivity contribution in [2.45, 2.75) is 64.0 Å². The summed E-state index contributed by atoms with van der Waals surface area (Å²) in [6.07, 6.45) is 6.05. The number of carbonyl (C=O) groups excluding carboxylic acids is 1. The van der Waals surface area contributed by atoms with Crippen LogP contribution in [0.3, 0.4) is 0 Å². The van der Waals surface area contributed by atoms with Crippen LogP contribution < -0.4 is 10.6 Å². The van der Waals surface area contributed by atoms with Crippen LogP contribution in [0.4, 0.5) is 10.1 Å². The molecule has 0 unspecified atom stereocenters. The summed E-state index contributed by atoms with van der Waals surface area (Å²) in [6.45, 7) is 5.93. The number of nitrogens with one attached hydrogen (secondary N) is 2. The molecule has 1 aliphatic rings. The lowest BCUT2D eigenvalue weighted by molar-refractivity contribution is -0.0229. The van der Waals surface area contributed by atoms with Gasteiger partial charge in [0.1, 0.15) is 6.17 Å². The Labute approximate surface area is 207 Å². The largest absolute Gasteiger partial charge is 0.390 e. The molecule has 1 amide bonds. The average molecular weight is 505 g/mol. The monoisotopic (exact) mass is 504 g/mol. The van der Waals surface area contributed by atoms with Gasteiger partial charge in [0.05, 0.1) is 57.7 Å². The van der Waals surface area contributed by atoms with Crippen molar-refractivity contribution in [2.75, 3.05) is 11.9 Å². The number of anilines is 1. The number of aromatic nitrogens is 4. The molecule has 35 heavy (non-hydrogen) atoms. The minimum absolute atomic E-state index is 0.0550. The molecule has 0 aliphatic heterocycles. The molecule has 11 heteroatoms. The molecule has 4 rings (SSSR count). The van der Waals surface area contributed by atoms with Gasteiger partial charge in [-0.1, -0.05) is 11.6 Å². The summed E-state index contributed by atoms with van der Waals surface area (Å²) in [7, 11) is 0. The van der Waals surface area contributed by atoms with Crippen LogP contribution in [-0.4, -0.2) is 65.7 Å². The Morgan fingerprint density at radius 3 is 2.60 bits per heavy atom. The molecule has 3 aromatic heterocycles. The van der Waals surface area contributed by atoms with E-state index in [0.29, 0.717) is 27.6 Å². The highest BCUT2D eigenvalue weighted by molar-refractivity contribution is 6.30. The van der Waals surface area contributed by atoms with E-state index in [1.165, 1.54) is 26.2 Å². The van der Waals surface area contributed by atoms with Gasteiger partial charge in [0, 0.05) is 18.4 Å². The van der Waals surface area contributed by atoms with Crippen LogP contribution in [0, 0.1) is 5.92 Å². The quantitative estimate of drug-likeness (QED) is 0.371. The van der Waals surface area contributed by atoms with Gasteiger partial charge in [-0.2, -0.15) is 5.10 Å². The van der Waals surface area contributed by atoms with E-state index in [4.69, 9.17) is 11.6 Å². The van der Waals surface area contributed by atoms with Gasteiger partial charge in [-0.25, -0.2) is 13.9 Å². The number of carbonyl (C=O) groups is 1. The number of rotatable bonds is 8. The van der Waals surface area contributed by atoms with E-state index in [9.17, 15) is 19.4 Å². The van der Waals surface area contributed by atoms with Gasteiger partial charge in [-0.05, 0) is 52.5 Å². The summed E-state index contributed by atoms with van der Waals surface area (Å²) in [4.78, 5) is 21.7. The molecule has 3 aromatic rings. The Morgan fingerprint density at radius 2 is 1.94 bits per heavy atom. The van der Waals surface area contributed by atoms with Crippen LogP contribution in [0.15, 0.2) is 30.9 Å². The fourth-order valence-electron chi connectivity index (χ4n) is 4.00. The number of hydrogen-bond acceptors (Lipinski definition) is 7. The summed E-state index contributed by atoms with van der Waals surface area (Å²) in [5.41, 5.74) is 0.181. The third-order valence-electron chi connectivity index (χ3n) is 6.45. The molecule has 1 atom stereocenters. The Bertz CT molecular complexity index is 1230. The number of aliphatic hydroxyl groups is 2. The van der Waals surface area contributed by atoms with E-state index in [1.807, 2.05) is 0 Å². The molecule has 0 bridgehead atoms. The summed E-state index contributed by atoms with van der Waals surface area (Å²) in [5, 5.41) is 30.7. The van der Waals surface area contributed by atoms with Gasteiger partial charge in [0.2, 0.25) is 0 Å². The number of nitrogens with zero attached hydrogens (tertiary/aromatic N) is 4. The Balaban J connectivity index is 1.62. The SMILES string of the molecule is CC(C)(O)[C@H](F)CNC(=O)c1cnc(-c2cnn3cc(Cl)cnc23)cc1N[C@H]1C[C@H](C(C)(C)O)C1. The topological polar surface area (TPSA) is 125 Å². The van der Waals surface area contributed by atoms with Crippen molar-refractivity contribution in [1.82, 2.24) is 24.9 Å². The molecular formula is C24H30ClFN6O3. The Kier molecular flexibility index (Phi) is 6.74. The minimum atomic E-state index is -1.63. The predicted octanol–water partition coefficient (Wildman–Crippen LogP) is 3.24. The zero-order chi connectivity index (χ0) is 25.5. The highest BCUT2D eigenvalue weighted by Crippen LogP contribution is 2.38.